The van der Waals surface area contributed by atoms with Crippen LogP contribution >= 0.6 is 22.6 Å². The number of hydrogen-bond donors (Lipinski definition) is 1. The zero-order chi connectivity index (χ0) is 16.4. The number of amides is 1. The molecule has 2 heterocycles. The van der Waals surface area contributed by atoms with Crippen LogP contribution in [0.2, 0.25) is 0 Å². The molecule has 0 aliphatic carbocycles. The van der Waals surface area contributed by atoms with Gasteiger partial charge in [0.05, 0.1) is 23.1 Å². The van der Waals surface area contributed by atoms with Gasteiger partial charge >= 0.3 is 0 Å². The SMILES string of the molecule is Cc1c(C(=O)Nc2ccc(F)cc2I)cnn1-c1ccccn1. The summed E-state index contributed by atoms with van der Waals surface area (Å²) in [5, 5.41) is 6.99. The quantitative estimate of drug-likeness (QED) is 0.657. The Morgan fingerprint density at radius 1 is 1.30 bits per heavy atom. The Labute approximate surface area is 145 Å². The normalized spacial score (nSPS) is 10.6. The maximum Gasteiger partial charge on any atom is 0.259 e. The maximum absolute atomic E-state index is 13.1. The molecule has 0 aliphatic rings. The minimum atomic E-state index is -0.341. The summed E-state index contributed by atoms with van der Waals surface area (Å²) in [6.07, 6.45) is 3.16. The molecule has 0 bridgehead atoms. The van der Waals surface area contributed by atoms with Crippen molar-refractivity contribution in [1.29, 1.82) is 0 Å². The van der Waals surface area contributed by atoms with Crippen molar-refractivity contribution < 1.29 is 9.18 Å². The summed E-state index contributed by atoms with van der Waals surface area (Å²) in [5.41, 5.74) is 1.68. The molecular formula is C16H12FIN4O. The van der Waals surface area contributed by atoms with E-state index < -0.39 is 0 Å². The summed E-state index contributed by atoms with van der Waals surface area (Å²) >= 11 is 1.98. The van der Waals surface area contributed by atoms with Gasteiger partial charge in [-0.2, -0.15) is 5.10 Å². The summed E-state index contributed by atoms with van der Waals surface area (Å²) in [6, 6.07) is 9.68. The van der Waals surface area contributed by atoms with Gasteiger partial charge in [0.1, 0.15) is 5.82 Å². The highest BCUT2D eigenvalue weighted by Crippen LogP contribution is 2.21. The van der Waals surface area contributed by atoms with Crippen LogP contribution < -0.4 is 5.32 Å². The van der Waals surface area contributed by atoms with Gasteiger partial charge in [-0.3, -0.25) is 4.79 Å². The molecule has 2 aromatic heterocycles. The summed E-state index contributed by atoms with van der Waals surface area (Å²) in [4.78, 5) is 16.7. The van der Waals surface area contributed by atoms with Crippen LogP contribution in [0.1, 0.15) is 16.1 Å². The van der Waals surface area contributed by atoms with Crippen molar-refractivity contribution in [2.24, 2.45) is 0 Å². The molecule has 3 rings (SSSR count). The smallest absolute Gasteiger partial charge is 0.259 e. The first-order valence-electron chi connectivity index (χ1n) is 6.78. The lowest BCUT2D eigenvalue weighted by atomic mass is 10.2. The van der Waals surface area contributed by atoms with Crippen molar-refractivity contribution in [2.45, 2.75) is 6.92 Å². The molecule has 5 nitrogen and oxygen atoms in total. The highest BCUT2D eigenvalue weighted by molar-refractivity contribution is 14.1. The van der Waals surface area contributed by atoms with E-state index >= 15 is 0 Å². The molecule has 116 valence electrons. The lowest BCUT2D eigenvalue weighted by Gasteiger charge is -2.08. The van der Waals surface area contributed by atoms with Crippen molar-refractivity contribution in [2.75, 3.05) is 5.32 Å². The van der Waals surface area contributed by atoms with Crippen molar-refractivity contribution in [3.8, 4) is 5.82 Å². The van der Waals surface area contributed by atoms with Crippen LogP contribution in [0.5, 0.6) is 0 Å². The Morgan fingerprint density at radius 3 is 2.83 bits per heavy atom. The van der Waals surface area contributed by atoms with E-state index in [-0.39, 0.29) is 11.7 Å². The highest BCUT2D eigenvalue weighted by atomic mass is 127. The zero-order valence-corrected chi connectivity index (χ0v) is 14.3. The Hall–Kier alpha value is -2.29. The lowest BCUT2D eigenvalue weighted by molar-refractivity contribution is 0.102. The number of carbonyl (C=O) groups excluding carboxylic acids is 1. The fourth-order valence-electron chi connectivity index (χ4n) is 2.12. The predicted octanol–water partition coefficient (Wildman–Crippen LogP) is 3.57. The molecule has 0 saturated heterocycles. The van der Waals surface area contributed by atoms with Crippen molar-refractivity contribution in [3.63, 3.8) is 0 Å². The number of benzene rings is 1. The van der Waals surface area contributed by atoms with Gasteiger partial charge in [0.25, 0.3) is 5.91 Å². The topological polar surface area (TPSA) is 59.8 Å². The van der Waals surface area contributed by atoms with Gasteiger partial charge in [0.15, 0.2) is 5.82 Å². The number of halogens is 2. The third kappa shape index (κ3) is 3.24. The number of aromatic nitrogens is 3. The summed E-state index contributed by atoms with van der Waals surface area (Å²) in [7, 11) is 0. The maximum atomic E-state index is 13.1. The summed E-state index contributed by atoms with van der Waals surface area (Å²) < 4.78 is 15.4. The Balaban J connectivity index is 1.88. The van der Waals surface area contributed by atoms with Crippen LogP contribution in [-0.2, 0) is 0 Å². The molecule has 1 N–H and O–H groups in total. The Bertz CT molecular complexity index is 864. The molecule has 1 aromatic carbocycles. The molecule has 23 heavy (non-hydrogen) atoms. The third-order valence-electron chi connectivity index (χ3n) is 3.30. The molecule has 0 atom stereocenters. The van der Waals surface area contributed by atoms with E-state index in [0.717, 1.165) is 0 Å². The Kier molecular flexibility index (Phi) is 4.37. The standard InChI is InChI=1S/C16H12FIN4O/c1-10-12(9-20-22(10)15-4-2-3-7-19-15)16(23)21-14-6-5-11(17)8-13(14)18/h2-9H,1H3,(H,21,23). The number of nitrogens with zero attached hydrogens (tertiary/aromatic N) is 3. The fraction of sp³-hybridized carbons (Fsp3) is 0.0625. The number of carbonyl (C=O) groups is 1. The largest absolute Gasteiger partial charge is 0.321 e. The first kappa shape index (κ1) is 15.6. The van der Waals surface area contributed by atoms with E-state index in [1.165, 1.54) is 24.4 Å². The third-order valence-corrected chi connectivity index (χ3v) is 4.19. The number of anilines is 1. The molecule has 0 aliphatic heterocycles. The van der Waals surface area contributed by atoms with Gasteiger partial charge in [-0.1, -0.05) is 6.07 Å². The number of rotatable bonds is 3. The molecule has 0 spiro atoms. The Morgan fingerprint density at radius 2 is 2.13 bits per heavy atom. The van der Waals surface area contributed by atoms with E-state index in [1.807, 2.05) is 40.8 Å². The van der Waals surface area contributed by atoms with Crippen LogP contribution in [0.3, 0.4) is 0 Å². The monoisotopic (exact) mass is 422 g/mol. The van der Waals surface area contributed by atoms with Gasteiger partial charge in [0, 0.05) is 9.77 Å². The van der Waals surface area contributed by atoms with E-state index in [0.29, 0.717) is 26.3 Å². The minimum absolute atomic E-state index is 0.297. The average molecular weight is 422 g/mol. The van der Waals surface area contributed by atoms with Crippen LogP contribution in [0.25, 0.3) is 5.82 Å². The van der Waals surface area contributed by atoms with Crippen LogP contribution in [-0.4, -0.2) is 20.7 Å². The van der Waals surface area contributed by atoms with E-state index in [4.69, 9.17) is 0 Å². The molecule has 7 heteroatoms. The van der Waals surface area contributed by atoms with Gasteiger partial charge < -0.3 is 5.32 Å². The van der Waals surface area contributed by atoms with Crippen LogP contribution in [0.15, 0.2) is 48.8 Å². The molecule has 0 saturated carbocycles. The first-order valence-corrected chi connectivity index (χ1v) is 7.86. The van der Waals surface area contributed by atoms with E-state index in [9.17, 15) is 9.18 Å². The van der Waals surface area contributed by atoms with Gasteiger partial charge in [-0.25, -0.2) is 14.1 Å². The number of hydrogen-bond acceptors (Lipinski definition) is 3. The lowest BCUT2D eigenvalue weighted by Crippen LogP contribution is -2.14. The van der Waals surface area contributed by atoms with Crippen molar-refractivity contribution in [1.82, 2.24) is 14.8 Å². The second-order valence-corrected chi connectivity index (χ2v) is 5.98. The average Bonchev–Trinajstić information content (AvgIpc) is 2.92. The van der Waals surface area contributed by atoms with Crippen molar-refractivity contribution in [3.05, 3.63) is 69.4 Å². The molecule has 3 aromatic rings. The molecule has 0 fully saturated rings. The van der Waals surface area contributed by atoms with Gasteiger partial charge in [-0.05, 0) is 59.8 Å². The van der Waals surface area contributed by atoms with Crippen molar-refractivity contribution >= 4 is 34.2 Å². The van der Waals surface area contributed by atoms with E-state index in [2.05, 4.69) is 15.4 Å². The molecule has 0 radical (unpaired) electrons. The summed E-state index contributed by atoms with van der Waals surface area (Å²) in [5.74, 6) is 0.00108. The fourth-order valence-corrected chi connectivity index (χ4v) is 2.74. The second kappa shape index (κ2) is 6.45. The van der Waals surface area contributed by atoms with Gasteiger partial charge in [-0.15, -0.1) is 0 Å². The summed E-state index contributed by atoms with van der Waals surface area (Å²) in [6.45, 7) is 1.80. The van der Waals surface area contributed by atoms with E-state index in [1.54, 1.807) is 17.8 Å². The second-order valence-electron chi connectivity index (χ2n) is 4.82. The zero-order valence-electron chi connectivity index (χ0n) is 12.1. The number of nitrogens with one attached hydrogen (secondary N) is 1. The minimum Gasteiger partial charge on any atom is -0.321 e. The predicted molar refractivity (Wildman–Crippen MR) is 93.2 cm³/mol. The highest BCUT2D eigenvalue weighted by Gasteiger charge is 2.16. The van der Waals surface area contributed by atoms with Gasteiger partial charge in [0.2, 0.25) is 0 Å². The molecule has 0 unspecified atom stereocenters. The molecule has 1 amide bonds. The first-order chi connectivity index (χ1) is 11.1. The molecular weight excluding hydrogens is 410 g/mol. The number of pyridine rings is 1. The van der Waals surface area contributed by atoms with Crippen LogP contribution in [0, 0.1) is 16.3 Å². The van der Waals surface area contributed by atoms with Crippen LogP contribution in [0.4, 0.5) is 10.1 Å².